The lowest BCUT2D eigenvalue weighted by Crippen LogP contribution is -1.96. The Morgan fingerprint density at radius 3 is 2.29 bits per heavy atom. The van der Waals surface area contributed by atoms with Crippen molar-refractivity contribution in [2.24, 2.45) is 10.2 Å². The van der Waals surface area contributed by atoms with Gasteiger partial charge in [0.1, 0.15) is 0 Å². The molecule has 38 valence electrons. The molecule has 2 heteroatoms. The van der Waals surface area contributed by atoms with Crippen LogP contribution in [0.1, 0.15) is 19.3 Å². The molecule has 7 heavy (non-hydrogen) atoms. The molecule has 1 spiro atoms. The fourth-order valence-electron chi connectivity index (χ4n) is 1.00. The highest BCUT2D eigenvalue weighted by Gasteiger charge is 2.44. The van der Waals surface area contributed by atoms with Gasteiger partial charge in [-0.3, -0.25) is 0 Å². The van der Waals surface area contributed by atoms with Gasteiger partial charge in [-0.05, 0) is 19.3 Å². The fourth-order valence-corrected chi connectivity index (χ4v) is 1.00. The molecule has 0 aromatic heterocycles. The van der Waals surface area contributed by atoms with Gasteiger partial charge in [0, 0.05) is 0 Å². The molecule has 0 amide bonds. The normalized spacial score (nSPS) is 32.0. The van der Waals surface area contributed by atoms with Crippen LogP contribution in [0.15, 0.2) is 10.2 Å². The molecule has 0 atom stereocenters. The van der Waals surface area contributed by atoms with Crippen molar-refractivity contribution in [2.45, 2.75) is 24.8 Å². The summed E-state index contributed by atoms with van der Waals surface area (Å²) < 4.78 is 0. The first-order chi connectivity index (χ1) is 3.41. The average Bonchev–Trinajstić information content (AvgIpc) is 2.15. The molecule has 1 heterocycles. The Morgan fingerprint density at radius 1 is 1.14 bits per heavy atom. The van der Waals surface area contributed by atoms with Gasteiger partial charge in [-0.2, -0.15) is 10.2 Å². The predicted molar refractivity (Wildman–Crippen MR) is 26.3 cm³/mol. The lowest BCUT2D eigenvalue weighted by atomic mass is 10.2. The molecule has 0 saturated heterocycles. The second kappa shape index (κ2) is 0.881. The van der Waals surface area contributed by atoms with Crippen molar-refractivity contribution in [2.75, 3.05) is 6.54 Å². The van der Waals surface area contributed by atoms with Gasteiger partial charge in [0.15, 0.2) is 0 Å². The standard InChI is InChI=1S/C5H8N2/c1-2-5(1)3-4-6-7-5/h1-4H2. The summed E-state index contributed by atoms with van der Waals surface area (Å²) in [4.78, 5) is 0. The van der Waals surface area contributed by atoms with Crippen LogP contribution >= 0.6 is 0 Å². The maximum absolute atomic E-state index is 4.10. The summed E-state index contributed by atoms with van der Waals surface area (Å²) in [5.41, 5.74) is 0.403. The van der Waals surface area contributed by atoms with E-state index in [0.717, 1.165) is 6.54 Å². The minimum Gasteiger partial charge on any atom is -0.194 e. The third-order valence-electron chi connectivity index (χ3n) is 1.79. The van der Waals surface area contributed by atoms with E-state index in [1.54, 1.807) is 0 Å². The molecule has 0 aromatic rings. The Bertz CT molecular complexity index is 113. The van der Waals surface area contributed by atoms with E-state index in [1.165, 1.54) is 19.3 Å². The highest BCUT2D eigenvalue weighted by molar-refractivity contribution is 5.03. The summed E-state index contributed by atoms with van der Waals surface area (Å²) in [6, 6.07) is 0. The minimum atomic E-state index is 0.403. The molecular weight excluding hydrogens is 88.1 g/mol. The van der Waals surface area contributed by atoms with Crippen LogP contribution in [0.4, 0.5) is 0 Å². The van der Waals surface area contributed by atoms with E-state index in [-0.39, 0.29) is 0 Å². The maximum atomic E-state index is 4.10. The summed E-state index contributed by atoms with van der Waals surface area (Å²) in [5.74, 6) is 0. The van der Waals surface area contributed by atoms with Crippen LogP contribution < -0.4 is 0 Å². The zero-order chi connectivity index (χ0) is 4.74. The Kier molecular flexibility index (Phi) is 0.451. The number of nitrogens with zero attached hydrogens (tertiary/aromatic N) is 2. The van der Waals surface area contributed by atoms with Crippen molar-refractivity contribution in [1.82, 2.24) is 0 Å². The van der Waals surface area contributed by atoms with Gasteiger partial charge in [-0.1, -0.05) is 0 Å². The summed E-state index contributed by atoms with van der Waals surface area (Å²) in [6.07, 6.45) is 3.83. The largest absolute Gasteiger partial charge is 0.194 e. The molecule has 2 aliphatic rings. The second-order valence-corrected chi connectivity index (χ2v) is 2.44. The Morgan fingerprint density at radius 2 is 2.00 bits per heavy atom. The smallest absolute Gasteiger partial charge is 0.0836 e. The van der Waals surface area contributed by atoms with Gasteiger partial charge < -0.3 is 0 Å². The number of hydrogen-bond acceptors (Lipinski definition) is 2. The SMILES string of the molecule is C1CC2(CC2)N=N1. The van der Waals surface area contributed by atoms with E-state index in [4.69, 9.17) is 0 Å². The summed E-state index contributed by atoms with van der Waals surface area (Å²) in [6.45, 7) is 0.986. The van der Waals surface area contributed by atoms with Gasteiger partial charge in [0.25, 0.3) is 0 Å². The van der Waals surface area contributed by atoms with Crippen molar-refractivity contribution in [3.8, 4) is 0 Å². The van der Waals surface area contributed by atoms with E-state index in [2.05, 4.69) is 10.2 Å². The molecule has 2 rings (SSSR count). The molecule has 0 unspecified atom stereocenters. The average molecular weight is 96.1 g/mol. The van der Waals surface area contributed by atoms with E-state index >= 15 is 0 Å². The molecule has 1 aliphatic heterocycles. The lowest BCUT2D eigenvalue weighted by molar-refractivity contribution is 0.691. The zero-order valence-electron chi connectivity index (χ0n) is 4.22. The van der Waals surface area contributed by atoms with Crippen molar-refractivity contribution >= 4 is 0 Å². The van der Waals surface area contributed by atoms with Crippen LogP contribution in [-0.4, -0.2) is 12.1 Å². The van der Waals surface area contributed by atoms with Crippen LogP contribution in [0.25, 0.3) is 0 Å². The van der Waals surface area contributed by atoms with Crippen LogP contribution in [0, 0.1) is 0 Å². The lowest BCUT2D eigenvalue weighted by Gasteiger charge is -1.91. The molecule has 0 aromatic carbocycles. The van der Waals surface area contributed by atoms with Crippen molar-refractivity contribution < 1.29 is 0 Å². The molecule has 0 N–H and O–H groups in total. The third kappa shape index (κ3) is 0.392. The summed E-state index contributed by atoms with van der Waals surface area (Å²) in [7, 11) is 0. The van der Waals surface area contributed by atoms with Gasteiger partial charge in [-0.25, -0.2) is 0 Å². The first kappa shape index (κ1) is 3.58. The third-order valence-corrected chi connectivity index (χ3v) is 1.79. The highest BCUT2D eigenvalue weighted by Crippen LogP contribution is 2.45. The zero-order valence-corrected chi connectivity index (χ0v) is 4.22. The Balaban J connectivity index is 2.22. The van der Waals surface area contributed by atoms with E-state index in [0.29, 0.717) is 5.54 Å². The second-order valence-electron chi connectivity index (χ2n) is 2.44. The topological polar surface area (TPSA) is 24.7 Å². The van der Waals surface area contributed by atoms with Crippen molar-refractivity contribution in [1.29, 1.82) is 0 Å². The monoisotopic (exact) mass is 96.1 g/mol. The van der Waals surface area contributed by atoms with Gasteiger partial charge in [0.2, 0.25) is 0 Å². The summed E-state index contributed by atoms with van der Waals surface area (Å²) in [5, 5.41) is 8.03. The van der Waals surface area contributed by atoms with Crippen LogP contribution in [0.2, 0.25) is 0 Å². The van der Waals surface area contributed by atoms with Gasteiger partial charge in [0.05, 0.1) is 12.1 Å². The fraction of sp³-hybridized carbons (Fsp3) is 1.00. The Labute approximate surface area is 42.6 Å². The van der Waals surface area contributed by atoms with Crippen molar-refractivity contribution in [3.05, 3.63) is 0 Å². The predicted octanol–water partition coefficient (Wildman–Crippen LogP) is 1.37. The summed E-state index contributed by atoms with van der Waals surface area (Å²) >= 11 is 0. The molecular formula is C5H8N2. The number of azo groups is 1. The molecule has 0 radical (unpaired) electrons. The van der Waals surface area contributed by atoms with Crippen LogP contribution in [0.5, 0.6) is 0 Å². The molecule has 2 nitrogen and oxygen atoms in total. The highest BCUT2D eigenvalue weighted by atomic mass is 15.2. The van der Waals surface area contributed by atoms with Crippen LogP contribution in [0.3, 0.4) is 0 Å². The first-order valence-electron chi connectivity index (χ1n) is 2.80. The molecule has 1 fully saturated rings. The molecule has 1 saturated carbocycles. The van der Waals surface area contributed by atoms with Gasteiger partial charge in [-0.15, -0.1) is 0 Å². The van der Waals surface area contributed by atoms with E-state index < -0.39 is 0 Å². The quantitative estimate of drug-likeness (QED) is 0.435. The maximum Gasteiger partial charge on any atom is 0.0836 e. The number of rotatable bonds is 0. The van der Waals surface area contributed by atoms with Crippen LogP contribution in [-0.2, 0) is 0 Å². The first-order valence-corrected chi connectivity index (χ1v) is 2.80. The number of hydrogen-bond donors (Lipinski definition) is 0. The molecule has 0 bridgehead atoms. The van der Waals surface area contributed by atoms with E-state index in [9.17, 15) is 0 Å². The molecule has 1 aliphatic carbocycles. The Hall–Kier alpha value is -0.400. The van der Waals surface area contributed by atoms with E-state index in [1.807, 2.05) is 0 Å². The van der Waals surface area contributed by atoms with Gasteiger partial charge >= 0.3 is 0 Å². The minimum absolute atomic E-state index is 0.403. The van der Waals surface area contributed by atoms with Crippen molar-refractivity contribution in [3.63, 3.8) is 0 Å².